The molecule has 2 amide bonds. The van der Waals surface area contributed by atoms with Crippen LogP contribution in [0, 0.1) is 0 Å². The molecule has 0 aromatic carbocycles. The number of nitrogens with zero attached hydrogens (tertiary/aromatic N) is 1. The normalized spacial score (nSPS) is 23.0. The lowest BCUT2D eigenvalue weighted by Gasteiger charge is -2.35. The molecule has 0 saturated heterocycles. The van der Waals surface area contributed by atoms with Crippen LogP contribution in [-0.2, 0) is 9.53 Å². The molecular formula is C21H32N2O3. The van der Waals surface area contributed by atoms with E-state index in [2.05, 4.69) is 11.4 Å². The van der Waals surface area contributed by atoms with E-state index in [0.29, 0.717) is 0 Å². The van der Waals surface area contributed by atoms with Crippen molar-refractivity contribution in [2.24, 2.45) is 0 Å². The standard InChI is InChI=1S/C21H32N2O3/c1-21(2,3)26-20(25)23(18-14-10-7-11-15-18)16-19(24)22-17-12-8-5-4-6-9-13-17/h4-6,8,12,18H,7,9-11,13-16H2,1-3H3,(H,22,24)/b6-4-,8-5-,17-12+. The molecule has 0 unspecified atom stereocenters. The van der Waals surface area contributed by atoms with Crippen LogP contribution in [0.5, 0.6) is 0 Å². The molecule has 0 spiro atoms. The van der Waals surface area contributed by atoms with Gasteiger partial charge in [-0.05, 0) is 52.5 Å². The second-order valence-corrected chi connectivity index (χ2v) is 7.99. The van der Waals surface area contributed by atoms with Crippen molar-refractivity contribution < 1.29 is 14.3 Å². The third-order valence-corrected chi connectivity index (χ3v) is 4.49. The molecule has 144 valence electrons. The Morgan fingerprint density at radius 3 is 2.58 bits per heavy atom. The summed E-state index contributed by atoms with van der Waals surface area (Å²) in [6.45, 7) is 5.59. The van der Waals surface area contributed by atoms with Crippen LogP contribution in [0.15, 0.2) is 36.1 Å². The molecule has 2 aliphatic carbocycles. The van der Waals surface area contributed by atoms with E-state index in [4.69, 9.17) is 4.74 Å². The summed E-state index contributed by atoms with van der Waals surface area (Å²) in [4.78, 5) is 26.9. The van der Waals surface area contributed by atoms with Gasteiger partial charge >= 0.3 is 6.09 Å². The maximum Gasteiger partial charge on any atom is 0.411 e. The second-order valence-electron chi connectivity index (χ2n) is 7.99. The van der Waals surface area contributed by atoms with Gasteiger partial charge in [0.25, 0.3) is 0 Å². The Kier molecular flexibility index (Phi) is 7.49. The van der Waals surface area contributed by atoms with E-state index >= 15 is 0 Å². The number of carbonyl (C=O) groups is 2. The summed E-state index contributed by atoms with van der Waals surface area (Å²) in [5.41, 5.74) is 0.308. The molecule has 0 aromatic heterocycles. The molecule has 1 fully saturated rings. The average Bonchev–Trinajstić information content (AvgIpc) is 2.54. The SMILES string of the molecule is CC(C)(C)OC(=O)N(CC(=O)N/C1=C/C=C\C=C/CC1)C1CCCCC1. The van der Waals surface area contributed by atoms with Crippen LogP contribution >= 0.6 is 0 Å². The van der Waals surface area contributed by atoms with Crippen LogP contribution in [0.4, 0.5) is 4.79 Å². The van der Waals surface area contributed by atoms with Crippen LogP contribution in [-0.4, -0.2) is 35.1 Å². The quantitative estimate of drug-likeness (QED) is 0.805. The number of ether oxygens (including phenoxy) is 1. The lowest BCUT2D eigenvalue weighted by atomic mass is 9.94. The molecule has 0 bridgehead atoms. The van der Waals surface area contributed by atoms with Gasteiger partial charge in [-0.15, -0.1) is 0 Å². The van der Waals surface area contributed by atoms with E-state index in [-0.39, 0.29) is 18.5 Å². The zero-order chi connectivity index (χ0) is 19.0. The first-order valence-corrected chi connectivity index (χ1v) is 9.67. The summed E-state index contributed by atoms with van der Waals surface area (Å²) in [5, 5.41) is 2.96. The third-order valence-electron chi connectivity index (χ3n) is 4.49. The molecule has 2 rings (SSSR count). The topological polar surface area (TPSA) is 58.6 Å². The average molecular weight is 360 g/mol. The summed E-state index contributed by atoms with van der Waals surface area (Å²) in [5.74, 6) is -0.161. The van der Waals surface area contributed by atoms with Gasteiger partial charge in [0.1, 0.15) is 12.1 Å². The first kappa shape index (κ1) is 20.3. The van der Waals surface area contributed by atoms with Gasteiger partial charge in [-0.1, -0.05) is 43.6 Å². The number of carbonyl (C=O) groups excluding carboxylic acids is 2. The zero-order valence-corrected chi connectivity index (χ0v) is 16.3. The Balaban J connectivity index is 2.02. The first-order valence-electron chi connectivity index (χ1n) is 9.67. The van der Waals surface area contributed by atoms with Crippen molar-refractivity contribution in [2.45, 2.75) is 77.4 Å². The molecule has 2 aliphatic rings. The summed E-state index contributed by atoms with van der Waals surface area (Å²) in [6.07, 6.45) is 16.4. The Morgan fingerprint density at radius 2 is 1.88 bits per heavy atom. The molecule has 5 nitrogen and oxygen atoms in total. The largest absolute Gasteiger partial charge is 0.444 e. The Bertz CT molecular complexity index is 579. The molecule has 1 N–H and O–H groups in total. The highest BCUT2D eigenvalue weighted by molar-refractivity contribution is 5.83. The Hall–Kier alpha value is -2.04. The van der Waals surface area contributed by atoms with Crippen molar-refractivity contribution in [3.63, 3.8) is 0 Å². The lowest BCUT2D eigenvalue weighted by Crippen LogP contribution is -2.48. The van der Waals surface area contributed by atoms with Gasteiger partial charge < -0.3 is 10.1 Å². The fraction of sp³-hybridized carbons (Fsp3) is 0.619. The van der Waals surface area contributed by atoms with Gasteiger partial charge in [0.05, 0.1) is 0 Å². The van der Waals surface area contributed by atoms with Gasteiger partial charge in [-0.2, -0.15) is 0 Å². The van der Waals surface area contributed by atoms with E-state index in [1.165, 1.54) is 6.42 Å². The van der Waals surface area contributed by atoms with Crippen molar-refractivity contribution in [1.82, 2.24) is 10.2 Å². The van der Waals surface area contributed by atoms with Crippen LogP contribution in [0.3, 0.4) is 0 Å². The number of allylic oxidation sites excluding steroid dienone is 6. The van der Waals surface area contributed by atoms with Gasteiger partial charge in [-0.25, -0.2) is 4.79 Å². The summed E-state index contributed by atoms with van der Waals surface area (Å²) in [7, 11) is 0. The minimum atomic E-state index is -0.570. The van der Waals surface area contributed by atoms with Crippen LogP contribution < -0.4 is 5.32 Å². The molecule has 5 heteroatoms. The van der Waals surface area contributed by atoms with E-state index < -0.39 is 11.7 Å². The van der Waals surface area contributed by atoms with Gasteiger partial charge in [0.15, 0.2) is 0 Å². The summed E-state index contributed by atoms with van der Waals surface area (Å²) >= 11 is 0. The van der Waals surface area contributed by atoms with Gasteiger partial charge in [0.2, 0.25) is 5.91 Å². The molecule has 0 aliphatic heterocycles. The predicted molar refractivity (Wildman–Crippen MR) is 104 cm³/mol. The van der Waals surface area contributed by atoms with E-state index in [1.807, 2.05) is 45.1 Å². The smallest absolute Gasteiger partial charge is 0.411 e. The maximum atomic E-state index is 12.7. The van der Waals surface area contributed by atoms with Crippen molar-refractivity contribution in [3.8, 4) is 0 Å². The van der Waals surface area contributed by atoms with Gasteiger partial charge in [-0.3, -0.25) is 9.69 Å². The lowest BCUT2D eigenvalue weighted by molar-refractivity contribution is -0.122. The molecule has 0 radical (unpaired) electrons. The van der Waals surface area contributed by atoms with Crippen molar-refractivity contribution in [1.29, 1.82) is 0 Å². The van der Waals surface area contributed by atoms with E-state index in [1.54, 1.807) is 4.90 Å². The zero-order valence-electron chi connectivity index (χ0n) is 16.3. The predicted octanol–water partition coefficient (Wildman–Crippen LogP) is 4.46. The number of amides is 2. The number of rotatable bonds is 4. The Labute approximate surface area is 157 Å². The van der Waals surface area contributed by atoms with Crippen LogP contribution in [0.2, 0.25) is 0 Å². The maximum absolute atomic E-state index is 12.7. The highest BCUT2D eigenvalue weighted by Crippen LogP contribution is 2.24. The van der Waals surface area contributed by atoms with E-state index in [9.17, 15) is 9.59 Å². The number of nitrogens with one attached hydrogen (secondary N) is 1. The summed E-state index contributed by atoms with van der Waals surface area (Å²) < 4.78 is 5.55. The molecule has 0 atom stereocenters. The minimum absolute atomic E-state index is 0.0382. The van der Waals surface area contributed by atoms with Crippen molar-refractivity contribution in [3.05, 3.63) is 36.1 Å². The fourth-order valence-electron chi connectivity index (χ4n) is 3.27. The highest BCUT2D eigenvalue weighted by Gasteiger charge is 2.31. The fourth-order valence-corrected chi connectivity index (χ4v) is 3.27. The van der Waals surface area contributed by atoms with Gasteiger partial charge in [0, 0.05) is 11.7 Å². The van der Waals surface area contributed by atoms with Crippen molar-refractivity contribution >= 4 is 12.0 Å². The van der Waals surface area contributed by atoms with E-state index in [0.717, 1.165) is 44.2 Å². The summed E-state index contributed by atoms with van der Waals surface area (Å²) in [6, 6.07) is 0.0819. The van der Waals surface area contributed by atoms with Crippen molar-refractivity contribution in [2.75, 3.05) is 6.54 Å². The molecule has 0 aromatic rings. The second kappa shape index (κ2) is 9.60. The monoisotopic (exact) mass is 360 g/mol. The third kappa shape index (κ3) is 7.06. The molecule has 1 saturated carbocycles. The first-order chi connectivity index (χ1) is 12.3. The highest BCUT2D eigenvalue weighted by atomic mass is 16.6. The molecule has 26 heavy (non-hydrogen) atoms. The van der Waals surface area contributed by atoms with Crippen LogP contribution in [0.1, 0.15) is 65.7 Å². The Morgan fingerprint density at radius 1 is 1.15 bits per heavy atom. The minimum Gasteiger partial charge on any atom is -0.444 e. The van der Waals surface area contributed by atoms with Crippen LogP contribution in [0.25, 0.3) is 0 Å². The molecule has 0 heterocycles. The number of hydrogen-bond donors (Lipinski definition) is 1. The molecular weight excluding hydrogens is 328 g/mol. The number of hydrogen-bond acceptors (Lipinski definition) is 3.